The maximum atomic E-state index is 13.5. The first kappa shape index (κ1) is 17.5. The lowest BCUT2D eigenvalue weighted by molar-refractivity contribution is 0.0329. The van der Waals surface area contributed by atoms with E-state index in [1.54, 1.807) is 6.92 Å². The fourth-order valence-corrected chi connectivity index (χ4v) is 4.10. The van der Waals surface area contributed by atoms with E-state index >= 15 is 0 Å². The third-order valence-electron chi connectivity index (χ3n) is 5.71. The van der Waals surface area contributed by atoms with Crippen LogP contribution in [0.5, 0.6) is 0 Å². The van der Waals surface area contributed by atoms with Crippen LogP contribution in [0.25, 0.3) is 0 Å². The second kappa shape index (κ2) is 7.70. The van der Waals surface area contributed by atoms with Gasteiger partial charge in [-0.15, -0.1) is 0 Å². The highest BCUT2D eigenvalue weighted by molar-refractivity contribution is 5.67. The first-order valence-corrected chi connectivity index (χ1v) is 9.16. The number of nitrogen functional groups attached to an aromatic ring is 1. The molecule has 0 aromatic heterocycles. The van der Waals surface area contributed by atoms with E-state index in [1.165, 1.54) is 31.7 Å². The van der Waals surface area contributed by atoms with Crippen LogP contribution in [0.15, 0.2) is 12.1 Å². The number of anilines is 2. The molecular weight excluding hydrogens is 305 g/mol. The van der Waals surface area contributed by atoms with Gasteiger partial charge in [-0.2, -0.15) is 0 Å². The molecule has 1 saturated heterocycles. The van der Waals surface area contributed by atoms with E-state index < -0.39 is 0 Å². The first-order chi connectivity index (χ1) is 11.6. The van der Waals surface area contributed by atoms with E-state index in [2.05, 4.69) is 10.2 Å². The summed E-state index contributed by atoms with van der Waals surface area (Å²) in [5.74, 6) is -0.237. The number of methoxy groups -OCH3 is 1. The number of aryl methyl sites for hydroxylation is 1. The second-order valence-corrected chi connectivity index (χ2v) is 7.31. The van der Waals surface area contributed by atoms with Gasteiger partial charge in [0, 0.05) is 32.3 Å². The van der Waals surface area contributed by atoms with Gasteiger partial charge >= 0.3 is 0 Å². The summed E-state index contributed by atoms with van der Waals surface area (Å²) in [7, 11) is 1.82. The van der Waals surface area contributed by atoms with Crippen molar-refractivity contribution in [2.75, 3.05) is 31.2 Å². The molecule has 5 heteroatoms. The summed E-state index contributed by atoms with van der Waals surface area (Å²) in [5, 5.41) is 3.52. The maximum absolute atomic E-state index is 13.5. The van der Waals surface area contributed by atoms with E-state index in [9.17, 15) is 4.39 Å². The molecule has 3 N–H and O–H groups in total. The van der Waals surface area contributed by atoms with Gasteiger partial charge in [-0.25, -0.2) is 4.39 Å². The number of likely N-dealkylation sites (tertiary alicyclic amines) is 1. The predicted molar refractivity (Wildman–Crippen MR) is 96.8 cm³/mol. The molecule has 0 spiro atoms. The predicted octanol–water partition coefficient (Wildman–Crippen LogP) is 3.55. The summed E-state index contributed by atoms with van der Waals surface area (Å²) in [6, 6.07) is 4.38. The molecule has 0 unspecified atom stereocenters. The molecule has 3 rings (SSSR count). The number of hydrogen-bond acceptors (Lipinski definition) is 4. The number of nitrogens with two attached hydrogens (primary N) is 1. The van der Waals surface area contributed by atoms with Gasteiger partial charge < -0.3 is 20.7 Å². The van der Waals surface area contributed by atoms with Gasteiger partial charge in [0.15, 0.2) is 0 Å². The van der Waals surface area contributed by atoms with Gasteiger partial charge in [-0.3, -0.25) is 0 Å². The normalized spacial score (nSPS) is 26.5. The van der Waals surface area contributed by atoms with Crippen LogP contribution in [0.1, 0.15) is 44.1 Å². The average molecular weight is 335 g/mol. The Balaban J connectivity index is 1.50. The Bertz CT molecular complexity index is 550. The van der Waals surface area contributed by atoms with Crippen LogP contribution >= 0.6 is 0 Å². The number of nitrogens with one attached hydrogen (secondary N) is 1. The lowest BCUT2D eigenvalue weighted by Crippen LogP contribution is -2.46. The van der Waals surface area contributed by atoms with Gasteiger partial charge in [0.05, 0.1) is 17.5 Å². The van der Waals surface area contributed by atoms with E-state index in [1.807, 2.05) is 13.2 Å². The number of halogens is 1. The molecule has 0 bridgehead atoms. The minimum absolute atomic E-state index is 0.237. The molecule has 1 aromatic carbocycles. The maximum Gasteiger partial charge on any atom is 0.128 e. The van der Waals surface area contributed by atoms with E-state index in [4.69, 9.17) is 10.5 Å². The number of nitrogens with zero attached hydrogens (tertiary/aromatic N) is 1. The minimum Gasteiger partial charge on any atom is -0.397 e. The summed E-state index contributed by atoms with van der Waals surface area (Å²) in [6.45, 7) is 4.03. The second-order valence-electron chi connectivity index (χ2n) is 7.31. The molecule has 1 aromatic rings. The number of hydrogen-bond donors (Lipinski definition) is 2. The van der Waals surface area contributed by atoms with Gasteiger partial charge in [-0.05, 0) is 63.1 Å². The molecule has 1 saturated carbocycles. The molecule has 4 nitrogen and oxygen atoms in total. The van der Waals surface area contributed by atoms with Crippen LogP contribution in [-0.2, 0) is 4.74 Å². The Morgan fingerprint density at radius 3 is 2.42 bits per heavy atom. The Morgan fingerprint density at radius 1 is 1.12 bits per heavy atom. The zero-order valence-electron chi connectivity index (χ0n) is 14.9. The van der Waals surface area contributed by atoms with Crippen LogP contribution in [0.4, 0.5) is 15.8 Å². The minimum atomic E-state index is -0.237. The molecule has 2 aliphatic rings. The SMILES string of the molecule is COC1CCC(N2CCC(Nc3cc(C)c(F)cc3N)CC2)CC1. The number of piperidine rings is 1. The van der Waals surface area contributed by atoms with Crippen LogP contribution in [0.2, 0.25) is 0 Å². The molecule has 1 aliphatic heterocycles. The number of rotatable bonds is 4. The number of ether oxygens (including phenoxy) is 1. The highest BCUT2D eigenvalue weighted by Gasteiger charge is 2.29. The standard InChI is InChI=1S/C19H30FN3O/c1-13-11-19(18(21)12-17(13)20)22-14-7-9-23(10-8-14)15-3-5-16(24-2)6-4-15/h11-12,14-16,22H,3-10,21H2,1-2H3. The summed E-state index contributed by atoms with van der Waals surface area (Å²) < 4.78 is 19.0. The molecule has 0 amide bonds. The zero-order valence-corrected chi connectivity index (χ0v) is 14.9. The lowest BCUT2D eigenvalue weighted by Gasteiger charge is -2.41. The van der Waals surface area contributed by atoms with E-state index in [0.717, 1.165) is 37.7 Å². The fraction of sp³-hybridized carbons (Fsp3) is 0.684. The molecular formula is C19H30FN3O. The smallest absolute Gasteiger partial charge is 0.128 e. The van der Waals surface area contributed by atoms with Crippen LogP contribution in [0, 0.1) is 12.7 Å². The third kappa shape index (κ3) is 4.01. The van der Waals surface area contributed by atoms with Crippen LogP contribution < -0.4 is 11.1 Å². The lowest BCUT2D eigenvalue weighted by atomic mass is 9.90. The van der Waals surface area contributed by atoms with Crippen molar-refractivity contribution in [2.24, 2.45) is 0 Å². The Labute approximate surface area is 144 Å². The van der Waals surface area contributed by atoms with Crippen molar-refractivity contribution in [3.63, 3.8) is 0 Å². The highest BCUT2D eigenvalue weighted by atomic mass is 19.1. The van der Waals surface area contributed by atoms with Crippen molar-refractivity contribution < 1.29 is 9.13 Å². The van der Waals surface area contributed by atoms with Gasteiger partial charge in [0.25, 0.3) is 0 Å². The van der Waals surface area contributed by atoms with Crippen LogP contribution in [0.3, 0.4) is 0 Å². The Morgan fingerprint density at radius 2 is 1.79 bits per heavy atom. The van der Waals surface area contributed by atoms with Crippen molar-refractivity contribution in [1.82, 2.24) is 4.90 Å². The molecule has 1 heterocycles. The molecule has 24 heavy (non-hydrogen) atoms. The zero-order chi connectivity index (χ0) is 17.1. The summed E-state index contributed by atoms with van der Waals surface area (Å²) >= 11 is 0. The third-order valence-corrected chi connectivity index (χ3v) is 5.71. The largest absolute Gasteiger partial charge is 0.397 e. The van der Waals surface area contributed by atoms with E-state index in [0.29, 0.717) is 23.4 Å². The molecule has 0 radical (unpaired) electrons. The molecule has 1 aliphatic carbocycles. The molecule has 0 atom stereocenters. The van der Waals surface area contributed by atoms with Crippen molar-refractivity contribution >= 4 is 11.4 Å². The van der Waals surface area contributed by atoms with Crippen molar-refractivity contribution in [3.05, 3.63) is 23.5 Å². The van der Waals surface area contributed by atoms with Gasteiger partial charge in [0.1, 0.15) is 5.82 Å². The monoisotopic (exact) mass is 335 g/mol. The molecule has 2 fully saturated rings. The first-order valence-electron chi connectivity index (χ1n) is 9.16. The Hall–Kier alpha value is -1.33. The van der Waals surface area contributed by atoms with Gasteiger partial charge in [0.2, 0.25) is 0 Å². The summed E-state index contributed by atoms with van der Waals surface area (Å²) in [5.41, 5.74) is 7.96. The van der Waals surface area contributed by atoms with Crippen molar-refractivity contribution in [1.29, 1.82) is 0 Å². The molecule has 134 valence electrons. The van der Waals surface area contributed by atoms with Crippen molar-refractivity contribution in [3.8, 4) is 0 Å². The number of benzene rings is 1. The topological polar surface area (TPSA) is 50.5 Å². The highest BCUT2D eigenvalue weighted by Crippen LogP contribution is 2.29. The van der Waals surface area contributed by atoms with E-state index in [-0.39, 0.29) is 5.82 Å². The Kier molecular flexibility index (Phi) is 5.61. The van der Waals surface area contributed by atoms with Crippen LogP contribution in [-0.4, -0.2) is 43.3 Å². The summed E-state index contributed by atoms with van der Waals surface area (Å²) in [6.07, 6.45) is 7.56. The average Bonchev–Trinajstić information content (AvgIpc) is 2.60. The van der Waals surface area contributed by atoms with Gasteiger partial charge in [-0.1, -0.05) is 0 Å². The quantitative estimate of drug-likeness (QED) is 0.826. The summed E-state index contributed by atoms with van der Waals surface area (Å²) in [4.78, 5) is 2.64. The fourth-order valence-electron chi connectivity index (χ4n) is 4.10. The van der Waals surface area contributed by atoms with Crippen molar-refractivity contribution in [2.45, 2.75) is 63.6 Å².